The van der Waals surface area contributed by atoms with E-state index in [0.29, 0.717) is 0 Å². The zero-order valence-electron chi connectivity index (χ0n) is 5.77. The minimum absolute atomic E-state index is 0.0371. The summed E-state index contributed by atoms with van der Waals surface area (Å²) in [7, 11) is 0. The Labute approximate surface area is 66.3 Å². The van der Waals surface area contributed by atoms with Crippen LogP contribution in [0.3, 0.4) is 0 Å². The molecule has 11 heavy (non-hydrogen) atoms. The lowest BCUT2D eigenvalue weighted by atomic mass is 10.2. The lowest BCUT2D eigenvalue weighted by Crippen LogP contribution is -2.13. The SMILES string of the molecule is O=C(O)CCCC(O)S(=O)O. The summed E-state index contributed by atoms with van der Waals surface area (Å²) in [6.45, 7) is 0. The normalized spacial score (nSPS) is 15.8. The standard InChI is InChI=1S/C5H10O5S/c6-4(7)2-1-3-5(8)11(9)10/h5,8H,1-3H2,(H,6,7)(H,9,10). The molecule has 0 heterocycles. The van der Waals surface area contributed by atoms with E-state index in [4.69, 9.17) is 14.8 Å². The number of rotatable bonds is 5. The van der Waals surface area contributed by atoms with Gasteiger partial charge in [0.05, 0.1) is 0 Å². The van der Waals surface area contributed by atoms with Gasteiger partial charge >= 0.3 is 5.97 Å². The summed E-state index contributed by atoms with van der Waals surface area (Å²) >= 11 is -2.26. The molecule has 0 saturated heterocycles. The monoisotopic (exact) mass is 182 g/mol. The highest BCUT2D eigenvalue weighted by atomic mass is 32.2. The Morgan fingerprint density at radius 2 is 2.09 bits per heavy atom. The number of aliphatic hydroxyl groups is 1. The fourth-order valence-electron chi connectivity index (χ4n) is 0.529. The van der Waals surface area contributed by atoms with E-state index in [0.717, 1.165) is 0 Å². The van der Waals surface area contributed by atoms with Crippen molar-refractivity contribution >= 4 is 17.0 Å². The van der Waals surface area contributed by atoms with Gasteiger partial charge in [0, 0.05) is 6.42 Å². The van der Waals surface area contributed by atoms with Gasteiger partial charge in [-0.25, -0.2) is 4.21 Å². The number of carboxylic acid groups (broad SMARTS) is 1. The Balaban J connectivity index is 3.39. The van der Waals surface area contributed by atoms with E-state index in [2.05, 4.69) is 0 Å². The van der Waals surface area contributed by atoms with Crippen LogP contribution >= 0.6 is 0 Å². The number of hydrogen-bond donors (Lipinski definition) is 3. The second-order valence-electron chi connectivity index (χ2n) is 2.02. The highest BCUT2D eigenvalue weighted by Gasteiger charge is 2.10. The summed E-state index contributed by atoms with van der Waals surface area (Å²) in [4.78, 5) is 9.93. The third-order valence-corrected chi connectivity index (χ3v) is 1.78. The molecule has 0 fully saturated rings. The molecule has 0 spiro atoms. The molecule has 0 aromatic heterocycles. The first-order valence-electron chi connectivity index (χ1n) is 3.03. The van der Waals surface area contributed by atoms with E-state index in [9.17, 15) is 9.00 Å². The molecule has 0 radical (unpaired) electrons. The topological polar surface area (TPSA) is 94.8 Å². The van der Waals surface area contributed by atoms with E-state index < -0.39 is 22.5 Å². The molecule has 0 bridgehead atoms. The van der Waals surface area contributed by atoms with Crippen LogP contribution in [0.4, 0.5) is 0 Å². The van der Waals surface area contributed by atoms with Crippen molar-refractivity contribution in [2.24, 2.45) is 0 Å². The van der Waals surface area contributed by atoms with Gasteiger partial charge in [-0.3, -0.25) is 4.79 Å². The fourth-order valence-corrected chi connectivity index (χ4v) is 0.897. The molecule has 6 heteroatoms. The highest BCUT2D eigenvalue weighted by molar-refractivity contribution is 7.79. The molecular weight excluding hydrogens is 172 g/mol. The third kappa shape index (κ3) is 5.96. The van der Waals surface area contributed by atoms with E-state index in [1.807, 2.05) is 0 Å². The van der Waals surface area contributed by atoms with Gasteiger partial charge in [0.25, 0.3) is 0 Å². The molecule has 66 valence electrons. The third-order valence-electron chi connectivity index (χ3n) is 1.07. The summed E-state index contributed by atoms with van der Waals surface area (Å²) in [5.74, 6) is -0.971. The lowest BCUT2D eigenvalue weighted by molar-refractivity contribution is -0.137. The zero-order chi connectivity index (χ0) is 8.85. The minimum Gasteiger partial charge on any atom is -0.481 e. The van der Waals surface area contributed by atoms with Gasteiger partial charge in [-0.15, -0.1) is 0 Å². The molecule has 0 rings (SSSR count). The predicted molar refractivity (Wildman–Crippen MR) is 38.3 cm³/mol. The van der Waals surface area contributed by atoms with E-state index >= 15 is 0 Å². The smallest absolute Gasteiger partial charge is 0.303 e. The summed E-state index contributed by atoms with van der Waals surface area (Å²) < 4.78 is 18.3. The van der Waals surface area contributed by atoms with Crippen molar-refractivity contribution in [2.45, 2.75) is 24.7 Å². The van der Waals surface area contributed by atoms with Crippen molar-refractivity contribution in [2.75, 3.05) is 0 Å². The van der Waals surface area contributed by atoms with Gasteiger partial charge in [-0.05, 0) is 12.8 Å². The van der Waals surface area contributed by atoms with E-state index in [1.54, 1.807) is 0 Å². The van der Waals surface area contributed by atoms with Crippen LogP contribution in [0.15, 0.2) is 0 Å². The first-order chi connectivity index (χ1) is 5.04. The van der Waals surface area contributed by atoms with Crippen LogP contribution in [0.1, 0.15) is 19.3 Å². The van der Waals surface area contributed by atoms with Crippen LogP contribution in [0.25, 0.3) is 0 Å². The Kier molecular flexibility index (Phi) is 5.01. The molecule has 0 aliphatic rings. The van der Waals surface area contributed by atoms with E-state index in [-0.39, 0.29) is 19.3 Å². The van der Waals surface area contributed by atoms with Gasteiger partial charge in [-0.2, -0.15) is 0 Å². The first-order valence-corrected chi connectivity index (χ1v) is 4.20. The van der Waals surface area contributed by atoms with Crippen molar-refractivity contribution in [3.8, 4) is 0 Å². The maximum atomic E-state index is 10.1. The first kappa shape index (κ1) is 10.5. The van der Waals surface area contributed by atoms with Gasteiger partial charge in [0.2, 0.25) is 0 Å². The Bertz CT molecular complexity index is 157. The van der Waals surface area contributed by atoms with Crippen molar-refractivity contribution in [1.29, 1.82) is 0 Å². The Morgan fingerprint density at radius 1 is 1.55 bits per heavy atom. The van der Waals surface area contributed by atoms with Crippen molar-refractivity contribution in [3.63, 3.8) is 0 Å². The molecule has 0 amide bonds. The molecule has 0 aromatic rings. The maximum Gasteiger partial charge on any atom is 0.303 e. The average Bonchev–Trinajstić information content (AvgIpc) is 1.86. The fraction of sp³-hybridized carbons (Fsp3) is 0.800. The molecule has 0 saturated carbocycles. The van der Waals surface area contributed by atoms with Crippen LogP contribution in [-0.2, 0) is 15.9 Å². The largest absolute Gasteiger partial charge is 0.481 e. The van der Waals surface area contributed by atoms with Crippen LogP contribution in [0.5, 0.6) is 0 Å². The summed E-state index contributed by atoms with van der Waals surface area (Å²) in [5.41, 5.74) is -1.32. The second kappa shape index (κ2) is 5.22. The molecule has 0 aliphatic carbocycles. The summed E-state index contributed by atoms with van der Waals surface area (Å²) in [5, 5.41) is 16.8. The summed E-state index contributed by atoms with van der Waals surface area (Å²) in [6, 6.07) is 0. The molecular formula is C5H10O5S. The Hall–Kier alpha value is -0.460. The van der Waals surface area contributed by atoms with Gasteiger partial charge < -0.3 is 14.8 Å². The quantitative estimate of drug-likeness (QED) is 0.511. The molecule has 2 atom stereocenters. The maximum absolute atomic E-state index is 10.1. The highest BCUT2D eigenvalue weighted by Crippen LogP contribution is 2.02. The number of hydrogen-bond acceptors (Lipinski definition) is 3. The Morgan fingerprint density at radius 3 is 2.45 bits per heavy atom. The summed E-state index contributed by atoms with van der Waals surface area (Å²) in [6.07, 6.45) is 0.159. The van der Waals surface area contributed by atoms with Crippen molar-refractivity contribution < 1.29 is 23.8 Å². The molecule has 0 aliphatic heterocycles. The number of carboxylic acids is 1. The second-order valence-corrected chi connectivity index (χ2v) is 3.11. The van der Waals surface area contributed by atoms with Crippen LogP contribution in [0.2, 0.25) is 0 Å². The predicted octanol–water partition coefficient (Wildman–Crippen LogP) is -0.219. The van der Waals surface area contributed by atoms with Crippen molar-refractivity contribution in [1.82, 2.24) is 0 Å². The molecule has 0 aromatic carbocycles. The van der Waals surface area contributed by atoms with Gasteiger partial charge in [0.1, 0.15) is 0 Å². The number of aliphatic hydroxyl groups excluding tert-OH is 1. The van der Waals surface area contributed by atoms with Crippen LogP contribution in [-0.4, -0.2) is 30.4 Å². The molecule has 3 N–H and O–H groups in total. The van der Waals surface area contributed by atoms with Crippen molar-refractivity contribution in [3.05, 3.63) is 0 Å². The number of carbonyl (C=O) groups is 1. The van der Waals surface area contributed by atoms with E-state index in [1.165, 1.54) is 0 Å². The number of aliphatic carboxylic acids is 1. The van der Waals surface area contributed by atoms with Gasteiger partial charge in [0.15, 0.2) is 16.5 Å². The zero-order valence-corrected chi connectivity index (χ0v) is 6.58. The van der Waals surface area contributed by atoms with Crippen LogP contribution < -0.4 is 0 Å². The van der Waals surface area contributed by atoms with Gasteiger partial charge in [-0.1, -0.05) is 0 Å². The minimum atomic E-state index is -2.26. The lowest BCUT2D eigenvalue weighted by Gasteiger charge is -2.02. The van der Waals surface area contributed by atoms with Crippen LogP contribution in [0, 0.1) is 0 Å². The molecule has 2 unspecified atom stereocenters. The average molecular weight is 182 g/mol. The molecule has 5 nitrogen and oxygen atoms in total.